The van der Waals surface area contributed by atoms with Gasteiger partial charge in [0.05, 0.1) is 6.54 Å². The van der Waals surface area contributed by atoms with Crippen LogP contribution in [-0.4, -0.2) is 52.5 Å². The van der Waals surface area contributed by atoms with Crippen LogP contribution < -0.4 is 10.2 Å². The van der Waals surface area contributed by atoms with E-state index in [0.29, 0.717) is 23.7 Å². The number of nitrogens with zero attached hydrogens (tertiary/aromatic N) is 4. The fraction of sp³-hybridized carbons (Fsp3) is 0.421. The first-order valence-corrected chi connectivity index (χ1v) is 9.23. The van der Waals surface area contributed by atoms with E-state index in [1.165, 1.54) is 0 Å². The van der Waals surface area contributed by atoms with Crippen molar-refractivity contribution in [2.24, 2.45) is 0 Å². The minimum absolute atomic E-state index is 0.0106. The normalized spacial score (nSPS) is 22.0. The van der Waals surface area contributed by atoms with E-state index >= 15 is 0 Å². The Balaban J connectivity index is 1.36. The molecule has 26 heavy (non-hydrogen) atoms. The van der Waals surface area contributed by atoms with Crippen molar-refractivity contribution in [3.8, 4) is 0 Å². The molecule has 2 aromatic rings. The van der Waals surface area contributed by atoms with Crippen LogP contribution in [0.3, 0.4) is 0 Å². The second kappa shape index (κ2) is 6.85. The number of nitrogens with one attached hydrogen (secondary N) is 1. The number of carbonyl (C=O) groups excluding carboxylic acids is 1. The van der Waals surface area contributed by atoms with Crippen molar-refractivity contribution in [3.63, 3.8) is 0 Å². The standard InChI is InChI=1S/C19H22ClN5O/c1-12-6-18(22-11-21-12)24-8-14-7-15(9-24)25(14)10-19(26)23-17-5-3-4-16(20)13(17)2/h3-6,11,14-15H,7-10H2,1-2H3,(H,23,26). The lowest BCUT2D eigenvalue weighted by Crippen LogP contribution is -2.69. The summed E-state index contributed by atoms with van der Waals surface area (Å²) in [4.78, 5) is 25.6. The van der Waals surface area contributed by atoms with Gasteiger partial charge in [0.2, 0.25) is 5.91 Å². The molecule has 0 spiro atoms. The van der Waals surface area contributed by atoms with Gasteiger partial charge in [-0.3, -0.25) is 9.69 Å². The van der Waals surface area contributed by atoms with Gasteiger partial charge in [0.25, 0.3) is 0 Å². The molecule has 136 valence electrons. The molecule has 6 nitrogen and oxygen atoms in total. The topological polar surface area (TPSA) is 61.4 Å². The van der Waals surface area contributed by atoms with Crippen molar-refractivity contribution < 1.29 is 4.79 Å². The van der Waals surface area contributed by atoms with E-state index in [9.17, 15) is 4.79 Å². The number of fused-ring (bicyclic) bond motifs is 2. The van der Waals surface area contributed by atoms with Gasteiger partial charge in [-0.2, -0.15) is 0 Å². The first kappa shape index (κ1) is 17.2. The molecule has 0 radical (unpaired) electrons. The molecule has 0 aliphatic carbocycles. The van der Waals surface area contributed by atoms with Crippen molar-refractivity contribution in [2.75, 3.05) is 29.9 Å². The molecule has 2 unspecified atom stereocenters. The van der Waals surface area contributed by atoms with Gasteiger partial charge in [-0.05, 0) is 38.0 Å². The predicted octanol–water partition coefficient (Wildman–Crippen LogP) is 2.65. The Morgan fingerprint density at radius 3 is 2.77 bits per heavy atom. The van der Waals surface area contributed by atoms with Gasteiger partial charge in [-0.15, -0.1) is 0 Å². The number of aryl methyl sites for hydroxylation is 1. The summed E-state index contributed by atoms with van der Waals surface area (Å²) in [7, 11) is 0. The highest BCUT2D eigenvalue weighted by Gasteiger charge is 2.45. The van der Waals surface area contributed by atoms with Crippen molar-refractivity contribution >= 4 is 29.0 Å². The largest absolute Gasteiger partial charge is 0.353 e. The number of amides is 1. The molecule has 3 aliphatic heterocycles. The van der Waals surface area contributed by atoms with E-state index in [1.807, 2.05) is 38.1 Å². The second-order valence-corrected chi connectivity index (χ2v) is 7.51. The highest BCUT2D eigenvalue weighted by atomic mass is 35.5. The summed E-state index contributed by atoms with van der Waals surface area (Å²) in [5, 5.41) is 3.66. The molecule has 1 aromatic carbocycles. The predicted molar refractivity (Wildman–Crippen MR) is 103 cm³/mol. The van der Waals surface area contributed by atoms with Crippen LogP contribution in [0.1, 0.15) is 17.7 Å². The van der Waals surface area contributed by atoms with Gasteiger partial charge in [-0.1, -0.05) is 17.7 Å². The third-order valence-electron chi connectivity index (χ3n) is 5.33. The summed E-state index contributed by atoms with van der Waals surface area (Å²) in [6, 6.07) is 8.38. The van der Waals surface area contributed by atoms with Gasteiger partial charge in [0.1, 0.15) is 12.1 Å². The number of aromatic nitrogens is 2. The van der Waals surface area contributed by atoms with Crippen LogP contribution >= 0.6 is 11.6 Å². The molecule has 0 saturated carbocycles. The minimum Gasteiger partial charge on any atom is -0.353 e. The Kier molecular flexibility index (Phi) is 4.54. The molecular formula is C19H22ClN5O. The SMILES string of the molecule is Cc1cc(N2CC3CC(C2)N3CC(=O)Nc2cccc(Cl)c2C)ncn1. The number of hydrogen-bond donors (Lipinski definition) is 1. The summed E-state index contributed by atoms with van der Waals surface area (Å²) < 4.78 is 0. The Morgan fingerprint density at radius 2 is 2.04 bits per heavy atom. The summed E-state index contributed by atoms with van der Waals surface area (Å²) in [5.74, 6) is 0.988. The molecule has 1 amide bonds. The molecule has 1 aromatic heterocycles. The van der Waals surface area contributed by atoms with Crippen LogP contribution in [0, 0.1) is 13.8 Å². The summed E-state index contributed by atoms with van der Waals surface area (Å²) in [6.45, 7) is 6.10. The number of anilines is 2. The van der Waals surface area contributed by atoms with Crippen molar-refractivity contribution in [2.45, 2.75) is 32.4 Å². The van der Waals surface area contributed by atoms with Gasteiger partial charge in [-0.25, -0.2) is 9.97 Å². The Bertz CT molecular complexity index is 830. The lowest BCUT2D eigenvalue weighted by molar-refractivity contribution is -0.121. The second-order valence-electron chi connectivity index (χ2n) is 7.10. The van der Waals surface area contributed by atoms with E-state index in [-0.39, 0.29) is 5.91 Å². The number of halogens is 1. The van der Waals surface area contributed by atoms with Crippen LogP contribution in [0.2, 0.25) is 5.02 Å². The summed E-state index contributed by atoms with van der Waals surface area (Å²) >= 11 is 6.13. The molecular weight excluding hydrogens is 350 g/mol. The van der Waals surface area contributed by atoms with Crippen LogP contribution in [0.5, 0.6) is 0 Å². The Labute approximate surface area is 158 Å². The molecule has 5 rings (SSSR count). The lowest BCUT2D eigenvalue weighted by atomic mass is 9.87. The highest BCUT2D eigenvalue weighted by Crippen LogP contribution is 2.34. The summed E-state index contributed by atoms with van der Waals surface area (Å²) in [6.07, 6.45) is 2.76. The average molecular weight is 372 g/mol. The maximum absolute atomic E-state index is 12.5. The summed E-state index contributed by atoms with van der Waals surface area (Å²) in [5.41, 5.74) is 2.66. The lowest BCUT2D eigenvalue weighted by Gasteiger charge is -2.56. The number of piperazine rings is 1. The minimum atomic E-state index is 0.0106. The van der Waals surface area contributed by atoms with Crippen molar-refractivity contribution in [1.29, 1.82) is 0 Å². The van der Waals surface area contributed by atoms with Crippen molar-refractivity contribution in [3.05, 3.63) is 46.9 Å². The third-order valence-corrected chi connectivity index (χ3v) is 5.74. The quantitative estimate of drug-likeness (QED) is 0.895. The number of benzene rings is 1. The van der Waals surface area contributed by atoms with Gasteiger partial charge >= 0.3 is 0 Å². The smallest absolute Gasteiger partial charge is 0.238 e. The molecule has 3 saturated heterocycles. The van der Waals surface area contributed by atoms with Crippen LogP contribution in [0.25, 0.3) is 0 Å². The van der Waals surface area contributed by atoms with E-state index in [2.05, 4.69) is 25.1 Å². The number of hydrogen-bond acceptors (Lipinski definition) is 5. The third kappa shape index (κ3) is 3.27. The molecule has 3 fully saturated rings. The number of carbonyl (C=O) groups is 1. The molecule has 2 atom stereocenters. The Hall–Kier alpha value is -2.18. The molecule has 2 bridgehead atoms. The zero-order chi connectivity index (χ0) is 18.3. The number of rotatable bonds is 4. The monoisotopic (exact) mass is 371 g/mol. The van der Waals surface area contributed by atoms with Gasteiger partial charge in [0, 0.05) is 47.6 Å². The molecule has 7 heteroatoms. The first-order valence-electron chi connectivity index (χ1n) is 8.85. The Morgan fingerprint density at radius 1 is 1.27 bits per heavy atom. The van der Waals surface area contributed by atoms with Crippen LogP contribution in [0.4, 0.5) is 11.5 Å². The zero-order valence-corrected chi connectivity index (χ0v) is 15.7. The molecule has 4 heterocycles. The highest BCUT2D eigenvalue weighted by molar-refractivity contribution is 6.31. The average Bonchev–Trinajstić information content (AvgIpc) is 2.63. The maximum atomic E-state index is 12.5. The van der Waals surface area contributed by atoms with E-state index in [0.717, 1.165) is 42.3 Å². The first-order chi connectivity index (χ1) is 12.5. The maximum Gasteiger partial charge on any atom is 0.238 e. The van der Waals surface area contributed by atoms with Crippen LogP contribution in [-0.2, 0) is 4.79 Å². The van der Waals surface area contributed by atoms with Crippen molar-refractivity contribution in [1.82, 2.24) is 14.9 Å². The van der Waals surface area contributed by atoms with Gasteiger partial charge < -0.3 is 10.2 Å². The van der Waals surface area contributed by atoms with E-state index in [1.54, 1.807) is 6.33 Å². The van der Waals surface area contributed by atoms with Gasteiger partial charge in [0.15, 0.2) is 0 Å². The number of piperidine rings is 1. The van der Waals surface area contributed by atoms with E-state index in [4.69, 9.17) is 11.6 Å². The zero-order valence-electron chi connectivity index (χ0n) is 14.9. The van der Waals surface area contributed by atoms with Crippen LogP contribution in [0.15, 0.2) is 30.6 Å². The van der Waals surface area contributed by atoms with E-state index < -0.39 is 0 Å². The molecule has 3 aliphatic rings. The fourth-order valence-electron chi connectivity index (χ4n) is 3.84. The fourth-order valence-corrected chi connectivity index (χ4v) is 4.02. The molecule has 1 N–H and O–H groups in total.